The fourth-order valence-corrected chi connectivity index (χ4v) is 2.28. The largest absolute Gasteiger partial charge is 0.348 e. The van der Waals surface area contributed by atoms with Gasteiger partial charge in [0.05, 0.1) is 6.54 Å². The van der Waals surface area contributed by atoms with E-state index in [0.717, 1.165) is 0 Å². The zero-order chi connectivity index (χ0) is 11.4. The number of likely N-dealkylation sites (N-methyl/N-ethyl adjacent to an activating group) is 1. The van der Waals surface area contributed by atoms with Crippen molar-refractivity contribution in [1.29, 1.82) is 0 Å². The lowest BCUT2D eigenvalue weighted by Crippen LogP contribution is -2.34. The Morgan fingerprint density at radius 1 is 1.60 bits per heavy atom. The van der Waals surface area contributed by atoms with Crippen molar-refractivity contribution in [3.8, 4) is 0 Å². The summed E-state index contributed by atoms with van der Waals surface area (Å²) in [5, 5.41) is 5.31. The number of carbonyl (C=O) groups is 1. The van der Waals surface area contributed by atoms with Gasteiger partial charge in [0, 0.05) is 25.0 Å². The molecular formula is C11H18N2OS. The molecule has 0 aromatic carbocycles. The molecule has 0 fully saturated rings. The van der Waals surface area contributed by atoms with Crippen molar-refractivity contribution in [2.24, 2.45) is 0 Å². The fourth-order valence-electron chi connectivity index (χ4n) is 1.32. The third-order valence-corrected chi connectivity index (χ3v) is 3.55. The average molecular weight is 226 g/mol. The van der Waals surface area contributed by atoms with E-state index in [1.807, 2.05) is 0 Å². The highest BCUT2D eigenvalue weighted by Crippen LogP contribution is 2.22. The first-order valence-corrected chi connectivity index (χ1v) is 5.88. The van der Waals surface area contributed by atoms with E-state index in [1.54, 1.807) is 30.3 Å². The Hall–Kier alpha value is -0.870. The number of hydrogen-bond acceptors (Lipinski definition) is 3. The molecule has 1 heterocycles. The molecule has 84 valence electrons. The van der Waals surface area contributed by atoms with Crippen molar-refractivity contribution in [2.75, 3.05) is 20.6 Å². The SMILES string of the molecule is Cc1ccsc1C(C)NCC(=O)N(C)C. The molecule has 15 heavy (non-hydrogen) atoms. The van der Waals surface area contributed by atoms with Gasteiger partial charge < -0.3 is 10.2 Å². The second-order valence-corrected chi connectivity index (χ2v) is 4.81. The summed E-state index contributed by atoms with van der Waals surface area (Å²) >= 11 is 1.73. The van der Waals surface area contributed by atoms with E-state index in [-0.39, 0.29) is 11.9 Å². The predicted octanol–water partition coefficient (Wildman–Crippen LogP) is 1.80. The Labute approximate surface area is 95.1 Å². The molecule has 0 saturated heterocycles. The number of amides is 1. The molecule has 3 nitrogen and oxygen atoms in total. The van der Waals surface area contributed by atoms with Gasteiger partial charge in [-0.25, -0.2) is 0 Å². The fraction of sp³-hybridized carbons (Fsp3) is 0.545. The third-order valence-electron chi connectivity index (χ3n) is 2.35. The minimum Gasteiger partial charge on any atom is -0.348 e. The van der Waals surface area contributed by atoms with E-state index in [4.69, 9.17) is 0 Å². The van der Waals surface area contributed by atoms with Crippen LogP contribution < -0.4 is 5.32 Å². The Morgan fingerprint density at radius 2 is 2.27 bits per heavy atom. The summed E-state index contributed by atoms with van der Waals surface area (Å²) in [5.74, 6) is 0.107. The minimum atomic E-state index is 0.107. The van der Waals surface area contributed by atoms with Crippen LogP contribution in [0.25, 0.3) is 0 Å². The van der Waals surface area contributed by atoms with Crippen LogP contribution in [-0.2, 0) is 4.79 Å². The number of hydrogen-bond donors (Lipinski definition) is 1. The minimum absolute atomic E-state index is 0.107. The van der Waals surface area contributed by atoms with Gasteiger partial charge in [-0.15, -0.1) is 11.3 Å². The van der Waals surface area contributed by atoms with Crippen LogP contribution >= 0.6 is 11.3 Å². The summed E-state index contributed by atoms with van der Waals surface area (Å²) in [6.07, 6.45) is 0. The van der Waals surface area contributed by atoms with Gasteiger partial charge in [0.1, 0.15) is 0 Å². The molecule has 0 bridgehead atoms. The maximum Gasteiger partial charge on any atom is 0.236 e. The molecule has 0 radical (unpaired) electrons. The number of carbonyl (C=O) groups excluding carboxylic acids is 1. The van der Waals surface area contributed by atoms with E-state index in [2.05, 4.69) is 30.6 Å². The van der Waals surface area contributed by atoms with E-state index in [9.17, 15) is 4.79 Å². The van der Waals surface area contributed by atoms with Crippen LogP contribution in [0.1, 0.15) is 23.4 Å². The summed E-state index contributed by atoms with van der Waals surface area (Å²) in [6, 6.07) is 2.35. The quantitative estimate of drug-likeness (QED) is 0.849. The van der Waals surface area contributed by atoms with Crippen LogP contribution in [0.3, 0.4) is 0 Å². The molecule has 1 atom stereocenters. The van der Waals surface area contributed by atoms with Gasteiger partial charge in [-0.05, 0) is 30.9 Å². The van der Waals surface area contributed by atoms with E-state index in [1.165, 1.54) is 10.4 Å². The Kier molecular flexibility index (Phi) is 4.29. The van der Waals surface area contributed by atoms with Gasteiger partial charge in [-0.2, -0.15) is 0 Å². The molecule has 1 aromatic rings. The zero-order valence-electron chi connectivity index (χ0n) is 9.70. The van der Waals surface area contributed by atoms with Crippen molar-refractivity contribution >= 4 is 17.2 Å². The zero-order valence-corrected chi connectivity index (χ0v) is 10.5. The Bertz CT molecular complexity index is 333. The number of thiophene rings is 1. The molecule has 4 heteroatoms. The number of aryl methyl sites for hydroxylation is 1. The van der Waals surface area contributed by atoms with Crippen LogP contribution in [0.2, 0.25) is 0 Å². The number of nitrogens with zero attached hydrogens (tertiary/aromatic N) is 1. The summed E-state index contributed by atoms with van der Waals surface area (Å²) in [4.78, 5) is 14.3. The van der Waals surface area contributed by atoms with Crippen molar-refractivity contribution in [1.82, 2.24) is 10.2 Å². The van der Waals surface area contributed by atoms with Gasteiger partial charge in [0.2, 0.25) is 5.91 Å². The molecule has 1 amide bonds. The van der Waals surface area contributed by atoms with Gasteiger partial charge in [0.25, 0.3) is 0 Å². The lowest BCUT2D eigenvalue weighted by atomic mass is 10.2. The second-order valence-electron chi connectivity index (χ2n) is 3.86. The van der Waals surface area contributed by atoms with E-state index >= 15 is 0 Å². The average Bonchev–Trinajstić information content (AvgIpc) is 2.60. The number of rotatable bonds is 4. The van der Waals surface area contributed by atoms with E-state index < -0.39 is 0 Å². The maximum atomic E-state index is 11.4. The molecule has 0 saturated carbocycles. The van der Waals surface area contributed by atoms with Crippen LogP contribution in [0, 0.1) is 6.92 Å². The highest BCUT2D eigenvalue weighted by atomic mass is 32.1. The standard InChI is InChI=1S/C11H18N2OS/c1-8-5-6-15-11(8)9(2)12-7-10(14)13(3)4/h5-6,9,12H,7H2,1-4H3. The Balaban J connectivity index is 2.47. The molecule has 0 spiro atoms. The van der Waals surface area contributed by atoms with E-state index in [0.29, 0.717) is 6.54 Å². The predicted molar refractivity (Wildman–Crippen MR) is 64.2 cm³/mol. The highest BCUT2D eigenvalue weighted by Gasteiger charge is 2.11. The molecule has 1 aromatic heterocycles. The molecule has 1 unspecified atom stereocenters. The normalized spacial score (nSPS) is 12.5. The molecule has 0 aliphatic carbocycles. The molecule has 0 aliphatic heterocycles. The second kappa shape index (κ2) is 5.28. The molecular weight excluding hydrogens is 208 g/mol. The van der Waals surface area contributed by atoms with Crippen molar-refractivity contribution < 1.29 is 4.79 Å². The van der Waals surface area contributed by atoms with Crippen molar-refractivity contribution in [3.63, 3.8) is 0 Å². The smallest absolute Gasteiger partial charge is 0.236 e. The van der Waals surface area contributed by atoms with Gasteiger partial charge in [-0.3, -0.25) is 4.79 Å². The maximum absolute atomic E-state index is 11.4. The summed E-state index contributed by atoms with van der Waals surface area (Å²) in [7, 11) is 3.54. The van der Waals surface area contributed by atoms with Gasteiger partial charge in [0.15, 0.2) is 0 Å². The van der Waals surface area contributed by atoms with Crippen molar-refractivity contribution in [2.45, 2.75) is 19.9 Å². The van der Waals surface area contributed by atoms with Gasteiger partial charge >= 0.3 is 0 Å². The van der Waals surface area contributed by atoms with Crippen LogP contribution in [0.5, 0.6) is 0 Å². The first-order chi connectivity index (χ1) is 7.02. The first-order valence-electron chi connectivity index (χ1n) is 5.00. The van der Waals surface area contributed by atoms with Crippen LogP contribution in [-0.4, -0.2) is 31.4 Å². The summed E-state index contributed by atoms with van der Waals surface area (Å²) in [6.45, 7) is 4.57. The summed E-state index contributed by atoms with van der Waals surface area (Å²) in [5.41, 5.74) is 1.29. The lowest BCUT2D eigenvalue weighted by Gasteiger charge is -2.15. The summed E-state index contributed by atoms with van der Waals surface area (Å²) < 4.78 is 0. The van der Waals surface area contributed by atoms with Gasteiger partial charge in [-0.1, -0.05) is 0 Å². The first kappa shape index (κ1) is 12.2. The lowest BCUT2D eigenvalue weighted by molar-refractivity contribution is -0.127. The third kappa shape index (κ3) is 3.32. The monoisotopic (exact) mass is 226 g/mol. The van der Waals surface area contributed by atoms with Crippen LogP contribution in [0.15, 0.2) is 11.4 Å². The Morgan fingerprint density at radius 3 is 2.73 bits per heavy atom. The molecule has 1 N–H and O–H groups in total. The van der Waals surface area contributed by atoms with Crippen molar-refractivity contribution in [3.05, 3.63) is 21.9 Å². The topological polar surface area (TPSA) is 32.3 Å². The molecule has 1 rings (SSSR count). The van der Waals surface area contributed by atoms with Crippen LogP contribution in [0.4, 0.5) is 0 Å². The molecule has 0 aliphatic rings. The highest BCUT2D eigenvalue weighted by molar-refractivity contribution is 7.10. The number of nitrogens with one attached hydrogen (secondary N) is 1.